The number of fused-ring (bicyclic) bond motifs is 1. The summed E-state index contributed by atoms with van der Waals surface area (Å²) in [6.07, 6.45) is 0. The Hall–Kier alpha value is -2.22. The van der Waals surface area contributed by atoms with Crippen LogP contribution in [0.1, 0.15) is 29.2 Å². The number of hydrogen-bond acceptors (Lipinski definition) is 6. The lowest BCUT2D eigenvalue weighted by molar-refractivity contribution is -0.114. The smallest absolute Gasteiger partial charge is 0.350 e. The zero-order chi connectivity index (χ0) is 14.9. The third-order valence-corrected chi connectivity index (χ3v) is 3.63. The van der Waals surface area contributed by atoms with Gasteiger partial charge in [-0.05, 0) is 13.8 Å². The van der Waals surface area contributed by atoms with Gasteiger partial charge in [-0.15, -0.1) is 0 Å². The summed E-state index contributed by atoms with van der Waals surface area (Å²) in [6, 6.07) is 1.21. The van der Waals surface area contributed by atoms with E-state index in [1.54, 1.807) is 13.8 Å². The highest BCUT2D eigenvalue weighted by Crippen LogP contribution is 2.21. The molecule has 0 bridgehead atoms. The molecule has 106 valence electrons. The van der Waals surface area contributed by atoms with Gasteiger partial charge in [0, 0.05) is 13.0 Å². The molecule has 20 heavy (non-hydrogen) atoms. The number of thiazole rings is 1. The summed E-state index contributed by atoms with van der Waals surface area (Å²) in [5.41, 5.74) is 0.123. The molecule has 0 unspecified atom stereocenters. The van der Waals surface area contributed by atoms with Crippen LogP contribution >= 0.6 is 11.3 Å². The average Bonchev–Trinajstić information content (AvgIpc) is 2.66. The van der Waals surface area contributed by atoms with Gasteiger partial charge < -0.3 is 10.1 Å². The van der Waals surface area contributed by atoms with Crippen molar-refractivity contribution in [2.75, 3.05) is 11.9 Å². The van der Waals surface area contributed by atoms with Crippen LogP contribution in [0.25, 0.3) is 4.96 Å². The molecule has 2 aromatic heterocycles. The maximum atomic E-state index is 12.0. The van der Waals surface area contributed by atoms with E-state index in [1.807, 2.05) is 0 Å². The van der Waals surface area contributed by atoms with E-state index >= 15 is 0 Å². The molecule has 0 radical (unpaired) electrons. The molecule has 0 saturated heterocycles. The number of anilines is 1. The predicted octanol–water partition coefficient (Wildman–Crippen LogP) is 1.20. The molecule has 1 N–H and O–H groups in total. The van der Waals surface area contributed by atoms with Crippen LogP contribution in [0.3, 0.4) is 0 Å². The molecule has 0 saturated carbocycles. The van der Waals surface area contributed by atoms with Gasteiger partial charge in [0.2, 0.25) is 5.91 Å². The Balaban J connectivity index is 2.59. The normalized spacial score (nSPS) is 10.6. The maximum absolute atomic E-state index is 12.0. The maximum Gasteiger partial charge on any atom is 0.350 e. The van der Waals surface area contributed by atoms with Crippen LogP contribution in [0.2, 0.25) is 0 Å². The Bertz CT molecular complexity index is 747. The number of ether oxygens (including phenoxy) is 1. The number of aryl methyl sites for hydroxylation is 1. The van der Waals surface area contributed by atoms with Crippen LogP contribution in [-0.4, -0.2) is 27.9 Å². The van der Waals surface area contributed by atoms with Gasteiger partial charge in [0.1, 0.15) is 10.7 Å². The number of amides is 1. The highest BCUT2D eigenvalue weighted by molar-refractivity contribution is 7.19. The predicted molar refractivity (Wildman–Crippen MR) is 74.3 cm³/mol. The second-order valence-corrected chi connectivity index (χ2v) is 4.99. The zero-order valence-corrected chi connectivity index (χ0v) is 12.0. The molecule has 0 aromatic carbocycles. The van der Waals surface area contributed by atoms with Crippen LogP contribution in [0.5, 0.6) is 0 Å². The second-order valence-electron chi connectivity index (χ2n) is 4.02. The van der Waals surface area contributed by atoms with Crippen molar-refractivity contribution in [3.8, 4) is 0 Å². The summed E-state index contributed by atoms with van der Waals surface area (Å²) in [5, 5.41) is 2.45. The van der Waals surface area contributed by atoms with Gasteiger partial charge in [0.15, 0.2) is 4.96 Å². The van der Waals surface area contributed by atoms with Crippen LogP contribution in [0.15, 0.2) is 10.9 Å². The highest BCUT2D eigenvalue weighted by Gasteiger charge is 2.19. The van der Waals surface area contributed by atoms with Crippen molar-refractivity contribution in [1.82, 2.24) is 9.38 Å². The van der Waals surface area contributed by atoms with E-state index in [0.29, 0.717) is 15.5 Å². The molecule has 2 heterocycles. The molecule has 1 amide bonds. The minimum atomic E-state index is -0.485. The van der Waals surface area contributed by atoms with Gasteiger partial charge in [0.25, 0.3) is 5.56 Å². The standard InChI is InChI=1S/C12H13N3O4S/c1-4-19-11(18)10-6(2)15-9(17)5-8(13-7(3)16)14-12(15)20-10/h5H,4H2,1-3H3,(H,13,16). The number of nitrogens with one attached hydrogen (secondary N) is 1. The van der Waals surface area contributed by atoms with E-state index in [4.69, 9.17) is 4.74 Å². The highest BCUT2D eigenvalue weighted by atomic mass is 32.1. The third-order valence-electron chi connectivity index (χ3n) is 2.51. The fourth-order valence-electron chi connectivity index (χ4n) is 1.74. The SMILES string of the molecule is CCOC(=O)c1sc2nc(NC(C)=O)cc(=O)n2c1C. The monoisotopic (exact) mass is 295 g/mol. The van der Waals surface area contributed by atoms with E-state index in [9.17, 15) is 14.4 Å². The van der Waals surface area contributed by atoms with Crippen LogP contribution < -0.4 is 10.9 Å². The molecular formula is C12H13N3O4S. The Labute approximate surface area is 118 Å². The number of hydrogen-bond donors (Lipinski definition) is 1. The first-order chi connectivity index (χ1) is 9.43. The van der Waals surface area contributed by atoms with Gasteiger partial charge in [0.05, 0.1) is 12.3 Å². The number of nitrogens with zero attached hydrogens (tertiary/aromatic N) is 2. The molecular weight excluding hydrogens is 282 g/mol. The molecule has 0 aliphatic carbocycles. The van der Waals surface area contributed by atoms with Crippen molar-refractivity contribution < 1.29 is 14.3 Å². The average molecular weight is 295 g/mol. The van der Waals surface area contributed by atoms with E-state index in [-0.39, 0.29) is 23.9 Å². The van der Waals surface area contributed by atoms with Crippen molar-refractivity contribution in [3.63, 3.8) is 0 Å². The molecule has 0 atom stereocenters. The van der Waals surface area contributed by atoms with Gasteiger partial charge >= 0.3 is 5.97 Å². The number of carbonyl (C=O) groups excluding carboxylic acids is 2. The first-order valence-corrected chi connectivity index (χ1v) is 6.73. The second kappa shape index (κ2) is 5.41. The number of aromatic nitrogens is 2. The van der Waals surface area contributed by atoms with Crippen molar-refractivity contribution in [2.24, 2.45) is 0 Å². The van der Waals surface area contributed by atoms with Crippen LogP contribution in [0, 0.1) is 6.92 Å². The molecule has 0 spiro atoms. The summed E-state index contributed by atoms with van der Waals surface area (Å²) in [7, 11) is 0. The lowest BCUT2D eigenvalue weighted by Crippen LogP contribution is -2.17. The summed E-state index contributed by atoms with van der Waals surface area (Å²) in [6.45, 7) is 4.94. The Morgan fingerprint density at radius 1 is 1.50 bits per heavy atom. The Morgan fingerprint density at radius 2 is 2.20 bits per heavy atom. The van der Waals surface area contributed by atoms with Crippen molar-refractivity contribution in [2.45, 2.75) is 20.8 Å². The van der Waals surface area contributed by atoms with E-state index in [0.717, 1.165) is 11.3 Å². The third kappa shape index (κ3) is 2.55. The minimum Gasteiger partial charge on any atom is -0.462 e. The molecule has 0 aliphatic heterocycles. The van der Waals surface area contributed by atoms with E-state index < -0.39 is 5.97 Å². The van der Waals surface area contributed by atoms with Gasteiger partial charge in [-0.25, -0.2) is 9.78 Å². The first kappa shape index (κ1) is 14.2. The quantitative estimate of drug-likeness (QED) is 0.859. The van der Waals surface area contributed by atoms with Gasteiger partial charge in [-0.3, -0.25) is 14.0 Å². The largest absolute Gasteiger partial charge is 0.462 e. The summed E-state index contributed by atoms with van der Waals surface area (Å²) in [5.74, 6) is -0.639. The zero-order valence-electron chi connectivity index (χ0n) is 11.2. The number of carbonyl (C=O) groups is 2. The molecule has 2 aromatic rings. The van der Waals surface area contributed by atoms with Crippen LogP contribution in [0.4, 0.5) is 5.82 Å². The van der Waals surface area contributed by atoms with Gasteiger partial charge in [-0.1, -0.05) is 11.3 Å². The molecule has 2 rings (SSSR count). The van der Waals surface area contributed by atoms with Crippen molar-refractivity contribution in [1.29, 1.82) is 0 Å². The first-order valence-electron chi connectivity index (χ1n) is 5.92. The Kier molecular flexibility index (Phi) is 3.84. The molecule has 7 nitrogen and oxygen atoms in total. The van der Waals surface area contributed by atoms with Crippen molar-refractivity contribution in [3.05, 3.63) is 27.0 Å². The number of esters is 1. The molecule has 8 heteroatoms. The van der Waals surface area contributed by atoms with Crippen molar-refractivity contribution >= 4 is 34.0 Å². The fourth-order valence-corrected chi connectivity index (χ4v) is 2.76. The minimum absolute atomic E-state index is 0.166. The van der Waals surface area contributed by atoms with Crippen LogP contribution in [-0.2, 0) is 9.53 Å². The van der Waals surface area contributed by atoms with E-state index in [1.165, 1.54) is 17.4 Å². The topological polar surface area (TPSA) is 89.8 Å². The summed E-state index contributed by atoms with van der Waals surface area (Å²) >= 11 is 1.05. The summed E-state index contributed by atoms with van der Waals surface area (Å²) < 4.78 is 6.25. The fraction of sp³-hybridized carbons (Fsp3) is 0.333. The lowest BCUT2D eigenvalue weighted by atomic mass is 10.4. The van der Waals surface area contributed by atoms with Gasteiger partial charge in [-0.2, -0.15) is 0 Å². The molecule has 0 aliphatic rings. The Morgan fingerprint density at radius 3 is 2.80 bits per heavy atom. The lowest BCUT2D eigenvalue weighted by Gasteiger charge is -2.01. The number of rotatable bonds is 3. The molecule has 0 fully saturated rings. The van der Waals surface area contributed by atoms with E-state index in [2.05, 4.69) is 10.3 Å². The summed E-state index contributed by atoms with van der Waals surface area (Å²) in [4.78, 5) is 39.6.